The molecule has 25 heavy (non-hydrogen) atoms. The fourth-order valence-electron chi connectivity index (χ4n) is 3.08. The standard InChI is InChI=1S/C21H25FN2O/c22-20-15-18(8-9-21(20)24-13-10-19(25)11-14-24)16-23-12-4-7-17-5-2-1-3-6-17/h1-9,15,19,23,25H,10-14,16H2/b7-4-. The van der Waals surface area contributed by atoms with Crippen molar-refractivity contribution in [3.05, 3.63) is 71.6 Å². The molecule has 2 aromatic carbocycles. The largest absolute Gasteiger partial charge is 0.393 e. The topological polar surface area (TPSA) is 35.5 Å². The first-order valence-electron chi connectivity index (χ1n) is 8.86. The summed E-state index contributed by atoms with van der Waals surface area (Å²) >= 11 is 0. The van der Waals surface area contributed by atoms with E-state index in [0.29, 0.717) is 38.2 Å². The highest BCUT2D eigenvalue weighted by Gasteiger charge is 2.19. The normalized spacial score (nSPS) is 15.8. The second-order valence-corrected chi connectivity index (χ2v) is 6.45. The summed E-state index contributed by atoms with van der Waals surface area (Å²) in [5, 5.41) is 12.9. The van der Waals surface area contributed by atoms with Crippen LogP contribution in [0.3, 0.4) is 0 Å². The van der Waals surface area contributed by atoms with Crippen molar-refractivity contribution in [2.75, 3.05) is 24.5 Å². The van der Waals surface area contributed by atoms with E-state index in [1.165, 1.54) is 5.56 Å². The van der Waals surface area contributed by atoms with Crippen LogP contribution in [0.15, 0.2) is 54.6 Å². The number of nitrogens with one attached hydrogen (secondary N) is 1. The molecule has 0 radical (unpaired) electrons. The third-order valence-corrected chi connectivity index (χ3v) is 4.52. The molecule has 1 aliphatic rings. The van der Waals surface area contributed by atoms with Gasteiger partial charge in [-0.3, -0.25) is 0 Å². The molecule has 0 bridgehead atoms. The lowest BCUT2D eigenvalue weighted by molar-refractivity contribution is 0.145. The Labute approximate surface area is 148 Å². The number of rotatable bonds is 6. The van der Waals surface area contributed by atoms with Gasteiger partial charge in [-0.05, 0) is 36.1 Å². The molecule has 2 N–H and O–H groups in total. The maximum atomic E-state index is 14.4. The maximum Gasteiger partial charge on any atom is 0.146 e. The number of benzene rings is 2. The Bertz CT molecular complexity index is 694. The molecule has 1 saturated heterocycles. The van der Waals surface area contributed by atoms with Crippen molar-refractivity contribution in [1.29, 1.82) is 0 Å². The first-order chi connectivity index (χ1) is 12.2. The highest BCUT2D eigenvalue weighted by atomic mass is 19.1. The Morgan fingerprint density at radius 3 is 2.60 bits per heavy atom. The predicted molar refractivity (Wildman–Crippen MR) is 101 cm³/mol. The smallest absolute Gasteiger partial charge is 0.146 e. The summed E-state index contributed by atoms with van der Waals surface area (Å²) < 4.78 is 14.4. The van der Waals surface area contributed by atoms with Crippen LogP contribution in [0.25, 0.3) is 6.08 Å². The first kappa shape index (κ1) is 17.6. The van der Waals surface area contributed by atoms with Crippen molar-refractivity contribution in [2.45, 2.75) is 25.5 Å². The van der Waals surface area contributed by atoms with Gasteiger partial charge in [-0.15, -0.1) is 0 Å². The minimum atomic E-state index is -0.244. The van der Waals surface area contributed by atoms with Crippen LogP contribution < -0.4 is 10.2 Å². The summed E-state index contributed by atoms with van der Waals surface area (Å²) in [5.41, 5.74) is 2.75. The Balaban J connectivity index is 1.48. The van der Waals surface area contributed by atoms with Crippen molar-refractivity contribution >= 4 is 11.8 Å². The van der Waals surface area contributed by atoms with E-state index in [-0.39, 0.29) is 11.9 Å². The highest BCUT2D eigenvalue weighted by molar-refractivity contribution is 5.50. The van der Waals surface area contributed by atoms with Crippen molar-refractivity contribution < 1.29 is 9.50 Å². The molecule has 0 saturated carbocycles. The summed E-state index contributed by atoms with van der Waals surface area (Å²) in [6, 6.07) is 15.6. The molecule has 4 heteroatoms. The summed E-state index contributed by atoms with van der Waals surface area (Å²) in [5.74, 6) is -0.185. The molecule has 3 rings (SSSR count). The number of nitrogens with zero attached hydrogens (tertiary/aromatic N) is 1. The van der Waals surface area contributed by atoms with Crippen LogP contribution >= 0.6 is 0 Å². The lowest BCUT2D eigenvalue weighted by atomic mass is 10.1. The van der Waals surface area contributed by atoms with E-state index in [1.54, 1.807) is 6.07 Å². The monoisotopic (exact) mass is 340 g/mol. The van der Waals surface area contributed by atoms with Gasteiger partial charge in [-0.2, -0.15) is 0 Å². The van der Waals surface area contributed by atoms with Gasteiger partial charge < -0.3 is 15.3 Å². The second-order valence-electron chi connectivity index (χ2n) is 6.45. The minimum Gasteiger partial charge on any atom is -0.393 e. The van der Waals surface area contributed by atoms with E-state index in [4.69, 9.17) is 0 Å². The Hall–Kier alpha value is -2.17. The molecule has 132 valence electrons. The molecule has 0 aromatic heterocycles. The molecule has 0 amide bonds. The minimum absolute atomic E-state index is 0.185. The van der Waals surface area contributed by atoms with E-state index in [1.807, 2.05) is 35.2 Å². The molecule has 3 nitrogen and oxygen atoms in total. The van der Waals surface area contributed by atoms with Crippen LogP contribution in [-0.2, 0) is 6.54 Å². The average Bonchev–Trinajstić information content (AvgIpc) is 2.63. The molecule has 0 unspecified atom stereocenters. The quantitative estimate of drug-likeness (QED) is 0.789. The molecular formula is C21H25FN2O. The van der Waals surface area contributed by atoms with E-state index in [2.05, 4.69) is 29.6 Å². The fraction of sp³-hybridized carbons (Fsp3) is 0.333. The Kier molecular flexibility index (Phi) is 6.20. The van der Waals surface area contributed by atoms with Gasteiger partial charge in [0.25, 0.3) is 0 Å². The third-order valence-electron chi connectivity index (χ3n) is 4.52. The zero-order chi connectivity index (χ0) is 17.5. The summed E-state index contributed by atoms with van der Waals surface area (Å²) in [6.07, 6.45) is 5.31. The highest BCUT2D eigenvalue weighted by Crippen LogP contribution is 2.24. The van der Waals surface area contributed by atoms with E-state index < -0.39 is 0 Å². The number of aliphatic hydroxyl groups excluding tert-OH is 1. The second kappa shape index (κ2) is 8.79. The number of halogens is 1. The van der Waals surface area contributed by atoms with Gasteiger partial charge in [0.05, 0.1) is 11.8 Å². The zero-order valence-corrected chi connectivity index (χ0v) is 14.4. The van der Waals surface area contributed by atoms with E-state index >= 15 is 0 Å². The molecule has 0 spiro atoms. The molecule has 1 fully saturated rings. The summed E-state index contributed by atoms with van der Waals surface area (Å²) in [6.45, 7) is 2.79. The van der Waals surface area contributed by atoms with Gasteiger partial charge in [-0.1, -0.05) is 48.6 Å². The predicted octanol–water partition coefficient (Wildman–Crippen LogP) is 3.59. The summed E-state index contributed by atoms with van der Waals surface area (Å²) in [4.78, 5) is 2.02. The van der Waals surface area contributed by atoms with Gasteiger partial charge in [-0.25, -0.2) is 4.39 Å². The number of hydrogen-bond donors (Lipinski definition) is 2. The van der Waals surface area contributed by atoms with Crippen LogP contribution in [0.2, 0.25) is 0 Å². The van der Waals surface area contributed by atoms with Gasteiger partial charge >= 0.3 is 0 Å². The third kappa shape index (κ3) is 5.15. The van der Waals surface area contributed by atoms with Crippen LogP contribution in [0.1, 0.15) is 24.0 Å². The maximum absolute atomic E-state index is 14.4. The SMILES string of the molecule is OC1CCN(c2ccc(CNC/C=C\c3ccccc3)cc2F)CC1. The first-order valence-corrected chi connectivity index (χ1v) is 8.86. The lowest BCUT2D eigenvalue weighted by Gasteiger charge is -2.31. The van der Waals surface area contributed by atoms with Gasteiger partial charge in [0.15, 0.2) is 0 Å². The van der Waals surface area contributed by atoms with Crippen LogP contribution in [-0.4, -0.2) is 30.8 Å². The Morgan fingerprint density at radius 2 is 1.88 bits per heavy atom. The zero-order valence-electron chi connectivity index (χ0n) is 14.4. The van der Waals surface area contributed by atoms with Gasteiger partial charge in [0, 0.05) is 26.2 Å². The molecule has 0 atom stereocenters. The molecule has 2 aromatic rings. The summed E-state index contributed by atoms with van der Waals surface area (Å²) in [7, 11) is 0. The molecule has 1 aliphatic heterocycles. The number of aliphatic hydroxyl groups is 1. The van der Waals surface area contributed by atoms with Crippen molar-refractivity contribution in [3.8, 4) is 0 Å². The lowest BCUT2D eigenvalue weighted by Crippen LogP contribution is -2.36. The average molecular weight is 340 g/mol. The van der Waals surface area contributed by atoms with Gasteiger partial charge in [0.1, 0.15) is 5.82 Å². The van der Waals surface area contributed by atoms with Crippen LogP contribution in [0, 0.1) is 5.82 Å². The van der Waals surface area contributed by atoms with Crippen molar-refractivity contribution in [2.24, 2.45) is 0 Å². The van der Waals surface area contributed by atoms with Crippen molar-refractivity contribution in [1.82, 2.24) is 5.32 Å². The molecular weight excluding hydrogens is 315 g/mol. The number of anilines is 1. The van der Waals surface area contributed by atoms with E-state index in [9.17, 15) is 9.50 Å². The molecule has 0 aliphatic carbocycles. The number of piperidine rings is 1. The van der Waals surface area contributed by atoms with Crippen LogP contribution in [0.5, 0.6) is 0 Å². The van der Waals surface area contributed by atoms with Crippen LogP contribution in [0.4, 0.5) is 10.1 Å². The van der Waals surface area contributed by atoms with Gasteiger partial charge in [0.2, 0.25) is 0 Å². The fourth-order valence-corrected chi connectivity index (χ4v) is 3.08. The molecule has 1 heterocycles. The van der Waals surface area contributed by atoms with E-state index in [0.717, 1.165) is 12.1 Å². The number of hydrogen-bond acceptors (Lipinski definition) is 3. The Morgan fingerprint density at radius 1 is 1.12 bits per heavy atom. The van der Waals surface area contributed by atoms with Crippen molar-refractivity contribution in [3.63, 3.8) is 0 Å².